The van der Waals surface area contributed by atoms with Crippen molar-refractivity contribution >= 4 is 17.5 Å². The number of rotatable bonds is 8. The van der Waals surface area contributed by atoms with Crippen LogP contribution >= 0.6 is 0 Å². The zero-order valence-electron chi connectivity index (χ0n) is 21.7. The van der Waals surface area contributed by atoms with Gasteiger partial charge in [-0.3, -0.25) is 14.4 Å². The molecule has 1 aromatic heterocycles. The molecule has 2 amide bonds. The maximum absolute atomic E-state index is 13.6. The minimum Gasteiger partial charge on any atom is -0.492 e. The third kappa shape index (κ3) is 5.58. The smallest absolute Gasteiger partial charge is 0.259 e. The van der Waals surface area contributed by atoms with E-state index in [9.17, 15) is 14.4 Å². The zero-order valence-corrected chi connectivity index (χ0v) is 21.7. The zero-order chi connectivity index (χ0) is 25.7. The summed E-state index contributed by atoms with van der Waals surface area (Å²) in [5.74, 6) is 0.120. The van der Waals surface area contributed by atoms with Crippen LogP contribution in [-0.2, 0) is 0 Å². The Morgan fingerprint density at radius 1 is 1.03 bits per heavy atom. The topological polar surface area (TPSA) is 83.9 Å². The first-order valence-electron chi connectivity index (χ1n) is 13.3. The third-order valence-corrected chi connectivity index (χ3v) is 7.33. The lowest BCUT2D eigenvalue weighted by Crippen LogP contribution is -2.50. The Kier molecular flexibility index (Phi) is 8.33. The predicted molar refractivity (Wildman–Crippen MR) is 141 cm³/mol. The summed E-state index contributed by atoms with van der Waals surface area (Å²) in [4.78, 5) is 43.9. The molecule has 4 rings (SSSR count). The average molecular weight is 495 g/mol. The highest BCUT2D eigenvalue weighted by Gasteiger charge is 2.29. The number of carbonyl (C=O) groups is 2. The van der Waals surface area contributed by atoms with Crippen molar-refractivity contribution in [1.29, 1.82) is 0 Å². The van der Waals surface area contributed by atoms with Gasteiger partial charge in [0.2, 0.25) is 5.43 Å². The fourth-order valence-corrected chi connectivity index (χ4v) is 5.05. The number of hydrogen-bond donors (Lipinski definition) is 1. The molecule has 1 atom stereocenters. The van der Waals surface area contributed by atoms with Gasteiger partial charge in [-0.1, -0.05) is 31.9 Å². The first kappa shape index (κ1) is 25.8. The normalized spacial score (nSPS) is 17.2. The van der Waals surface area contributed by atoms with E-state index in [2.05, 4.69) is 10.2 Å². The maximum atomic E-state index is 13.6. The molecule has 1 aliphatic heterocycles. The van der Waals surface area contributed by atoms with Crippen LogP contribution in [0, 0.1) is 0 Å². The number of para-hydroxylation sites is 2. The minimum absolute atomic E-state index is 0.0520. The highest BCUT2D eigenvalue weighted by atomic mass is 16.5. The molecule has 0 spiro atoms. The van der Waals surface area contributed by atoms with Crippen LogP contribution in [0.15, 0.2) is 41.5 Å². The molecule has 2 heterocycles. The Balaban J connectivity index is 1.56. The first-order chi connectivity index (χ1) is 17.4. The Labute approximate surface area is 213 Å². The number of nitrogens with zero attached hydrogens (tertiary/aromatic N) is 3. The molecule has 0 bridgehead atoms. The lowest BCUT2D eigenvalue weighted by molar-refractivity contribution is 0.0744. The second kappa shape index (κ2) is 11.6. The lowest BCUT2D eigenvalue weighted by atomic mass is 10.1. The summed E-state index contributed by atoms with van der Waals surface area (Å²) < 4.78 is 7.71. The fourth-order valence-electron chi connectivity index (χ4n) is 5.05. The molecular weight excluding hydrogens is 456 g/mol. The number of nitrogens with one attached hydrogen (secondary N) is 1. The largest absolute Gasteiger partial charge is 0.492 e. The van der Waals surface area contributed by atoms with Crippen molar-refractivity contribution in [2.24, 2.45) is 0 Å². The number of anilines is 1. The van der Waals surface area contributed by atoms with Crippen LogP contribution in [0.1, 0.15) is 79.6 Å². The van der Waals surface area contributed by atoms with Crippen molar-refractivity contribution in [3.05, 3.63) is 58.0 Å². The number of piperazine rings is 1. The van der Waals surface area contributed by atoms with Crippen molar-refractivity contribution < 1.29 is 14.3 Å². The SMILES string of the molecule is CCOc1ccccc1N1CCN(C(=O)c2cn(C3CCCC3)cc(C(=O)NC(C)CC)c2=O)CC1. The number of benzene rings is 1. The summed E-state index contributed by atoms with van der Waals surface area (Å²) in [5.41, 5.74) is 0.664. The molecular formula is C28H38N4O4. The number of ether oxygens (including phenoxy) is 1. The fraction of sp³-hybridized carbons (Fsp3) is 0.536. The minimum atomic E-state index is -0.487. The second-order valence-electron chi connectivity index (χ2n) is 9.76. The van der Waals surface area contributed by atoms with Gasteiger partial charge in [0.05, 0.1) is 12.3 Å². The van der Waals surface area contributed by atoms with Crippen molar-refractivity contribution in [2.45, 2.75) is 65.0 Å². The van der Waals surface area contributed by atoms with Crippen molar-refractivity contribution in [3.63, 3.8) is 0 Å². The number of carbonyl (C=O) groups excluding carboxylic acids is 2. The molecule has 1 aromatic carbocycles. The van der Waals surface area contributed by atoms with Crippen molar-refractivity contribution in [1.82, 2.24) is 14.8 Å². The van der Waals surface area contributed by atoms with Crippen molar-refractivity contribution in [2.75, 3.05) is 37.7 Å². The predicted octanol–water partition coefficient (Wildman–Crippen LogP) is 3.85. The van der Waals surface area contributed by atoms with Crippen LogP contribution in [-0.4, -0.2) is 60.1 Å². The van der Waals surface area contributed by atoms with Crippen LogP contribution in [0.2, 0.25) is 0 Å². The van der Waals surface area contributed by atoms with E-state index in [1.54, 1.807) is 17.3 Å². The van der Waals surface area contributed by atoms with E-state index >= 15 is 0 Å². The molecule has 8 nitrogen and oxygen atoms in total. The average Bonchev–Trinajstić information content (AvgIpc) is 3.44. The Bertz CT molecular complexity index is 1130. The van der Waals surface area contributed by atoms with E-state index in [0.29, 0.717) is 32.8 Å². The van der Waals surface area contributed by atoms with Gasteiger partial charge in [-0.15, -0.1) is 0 Å². The molecule has 8 heteroatoms. The monoisotopic (exact) mass is 494 g/mol. The second-order valence-corrected chi connectivity index (χ2v) is 9.76. The molecule has 194 valence electrons. The molecule has 2 fully saturated rings. The van der Waals surface area contributed by atoms with Gasteiger partial charge in [0.15, 0.2) is 0 Å². The summed E-state index contributed by atoms with van der Waals surface area (Å²) in [5, 5.41) is 2.89. The molecule has 1 saturated heterocycles. The molecule has 2 aromatic rings. The molecule has 36 heavy (non-hydrogen) atoms. The number of amides is 2. The van der Waals surface area contributed by atoms with Crippen LogP contribution in [0.3, 0.4) is 0 Å². The van der Waals surface area contributed by atoms with Gasteiger partial charge < -0.3 is 24.4 Å². The summed E-state index contributed by atoms with van der Waals surface area (Å²) in [6, 6.07) is 8.08. The van der Waals surface area contributed by atoms with Crippen LogP contribution in [0.4, 0.5) is 5.69 Å². The molecule has 1 aliphatic carbocycles. The summed E-state index contributed by atoms with van der Waals surface area (Å²) in [7, 11) is 0. The van der Waals surface area contributed by atoms with Crippen LogP contribution < -0.4 is 20.4 Å². The van der Waals surface area contributed by atoms with E-state index in [1.807, 2.05) is 49.6 Å². The lowest BCUT2D eigenvalue weighted by Gasteiger charge is -2.36. The van der Waals surface area contributed by atoms with Gasteiger partial charge in [-0.2, -0.15) is 0 Å². The van der Waals surface area contributed by atoms with Crippen LogP contribution in [0.5, 0.6) is 5.75 Å². The number of aromatic nitrogens is 1. The molecule has 1 saturated carbocycles. The molecule has 2 aliphatic rings. The number of pyridine rings is 1. The standard InChI is InChI=1S/C28H38N4O4/c1-4-20(3)29-27(34)22-18-32(21-10-6-7-11-21)19-23(26(22)33)28(35)31-16-14-30(15-17-31)24-12-8-9-13-25(24)36-5-2/h8-9,12-13,18-21H,4-7,10-11,14-17H2,1-3H3,(H,29,34). The van der Waals surface area contributed by atoms with Gasteiger partial charge in [-0.05, 0) is 45.2 Å². The highest BCUT2D eigenvalue weighted by molar-refractivity contribution is 5.99. The number of hydrogen-bond acceptors (Lipinski definition) is 5. The van der Waals surface area contributed by atoms with E-state index < -0.39 is 11.3 Å². The molecule has 0 radical (unpaired) electrons. The van der Waals surface area contributed by atoms with E-state index in [4.69, 9.17) is 4.74 Å². The Hall–Kier alpha value is -3.29. The van der Waals surface area contributed by atoms with E-state index in [1.165, 1.54) is 0 Å². The first-order valence-corrected chi connectivity index (χ1v) is 13.3. The maximum Gasteiger partial charge on any atom is 0.259 e. The van der Waals surface area contributed by atoms with Gasteiger partial charge in [0, 0.05) is 50.7 Å². The van der Waals surface area contributed by atoms with Gasteiger partial charge in [0.1, 0.15) is 16.9 Å². The highest BCUT2D eigenvalue weighted by Crippen LogP contribution is 2.30. The van der Waals surface area contributed by atoms with Gasteiger partial charge in [-0.25, -0.2) is 0 Å². The van der Waals surface area contributed by atoms with Gasteiger partial charge in [0.25, 0.3) is 11.8 Å². The summed E-state index contributed by atoms with van der Waals surface area (Å²) >= 11 is 0. The summed E-state index contributed by atoms with van der Waals surface area (Å²) in [6.45, 7) is 8.70. The Morgan fingerprint density at radius 3 is 2.36 bits per heavy atom. The molecule has 1 N–H and O–H groups in total. The third-order valence-electron chi connectivity index (χ3n) is 7.33. The van der Waals surface area contributed by atoms with Crippen molar-refractivity contribution in [3.8, 4) is 5.75 Å². The Morgan fingerprint density at radius 2 is 1.69 bits per heavy atom. The van der Waals surface area contributed by atoms with E-state index in [-0.39, 0.29) is 29.1 Å². The van der Waals surface area contributed by atoms with Crippen LogP contribution in [0.25, 0.3) is 0 Å². The van der Waals surface area contributed by atoms with E-state index in [0.717, 1.165) is 43.5 Å². The molecule has 1 unspecified atom stereocenters. The quantitative estimate of drug-likeness (QED) is 0.603. The van der Waals surface area contributed by atoms with Gasteiger partial charge >= 0.3 is 0 Å². The summed E-state index contributed by atoms with van der Waals surface area (Å²) in [6.07, 6.45) is 8.28.